The van der Waals surface area contributed by atoms with Crippen molar-refractivity contribution in [3.8, 4) is 0 Å². The van der Waals surface area contributed by atoms with Crippen LogP contribution < -0.4 is 0 Å². The summed E-state index contributed by atoms with van der Waals surface area (Å²) in [6, 6.07) is 0. The minimum atomic E-state index is 0.199. The number of rotatable bonds is 0. The number of hydrogen-bond acceptors (Lipinski definition) is 2. The summed E-state index contributed by atoms with van der Waals surface area (Å²) in [5.74, 6) is 0. The Balaban J connectivity index is 3.04. The van der Waals surface area contributed by atoms with Crippen molar-refractivity contribution in [1.82, 2.24) is 4.98 Å². The maximum absolute atomic E-state index is 5.28. The number of oxazole rings is 1. The lowest BCUT2D eigenvalue weighted by Crippen LogP contribution is -1.61. The molecule has 38 valence electrons. The van der Waals surface area contributed by atoms with Crippen molar-refractivity contribution < 1.29 is 4.42 Å². The lowest BCUT2D eigenvalue weighted by atomic mass is 11.0. The Kier molecular flexibility index (Phi) is 1.53. The molecule has 0 radical (unpaired) electrons. The van der Waals surface area contributed by atoms with Crippen molar-refractivity contribution >= 4 is 34.2 Å². The monoisotopic (exact) mass is 229 g/mol. The molecule has 0 saturated carbocycles. The molecule has 0 fully saturated rings. The normalized spacial score (nSPS) is 9.43. The van der Waals surface area contributed by atoms with Crippen LogP contribution in [0.2, 0.25) is 5.35 Å². The molecule has 1 aromatic rings. The quantitative estimate of drug-likeness (QED) is 0.635. The minimum absolute atomic E-state index is 0.199. The molecule has 0 bridgehead atoms. The fraction of sp³-hybridized carbons (Fsp3) is 0. The Morgan fingerprint density at radius 2 is 2.57 bits per heavy atom. The fourth-order valence-electron chi connectivity index (χ4n) is 0.234. The van der Waals surface area contributed by atoms with E-state index in [0.717, 1.165) is 3.70 Å². The van der Waals surface area contributed by atoms with Gasteiger partial charge < -0.3 is 4.42 Å². The van der Waals surface area contributed by atoms with Gasteiger partial charge in [0, 0.05) is 0 Å². The van der Waals surface area contributed by atoms with Gasteiger partial charge in [-0.2, -0.15) is 4.98 Å². The highest BCUT2D eigenvalue weighted by Gasteiger charge is 1.92. The molecule has 1 rings (SSSR count). The van der Waals surface area contributed by atoms with E-state index in [1.165, 1.54) is 6.26 Å². The van der Waals surface area contributed by atoms with Crippen molar-refractivity contribution in [2.24, 2.45) is 0 Å². The second-order valence-electron chi connectivity index (χ2n) is 0.923. The van der Waals surface area contributed by atoms with Gasteiger partial charge in [0.05, 0.1) is 0 Å². The number of nitrogens with zero attached hydrogens (tertiary/aromatic N) is 1. The third kappa shape index (κ3) is 1.31. The highest BCUT2D eigenvalue weighted by molar-refractivity contribution is 14.1. The van der Waals surface area contributed by atoms with Crippen molar-refractivity contribution in [3.05, 3.63) is 15.3 Å². The van der Waals surface area contributed by atoms with Crippen LogP contribution in [-0.2, 0) is 0 Å². The molecule has 0 atom stereocenters. The minimum Gasteiger partial charge on any atom is -0.435 e. The molecule has 4 heteroatoms. The van der Waals surface area contributed by atoms with Crippen LogP contribution in [0.4, 0.5) is 0 Å². The standard InChI is InChI=1S/C3HClINO/c4-3-6-2(5)1-7-3/h1H. The van der Waals surface area contributed by atoms with Crippen LogP contribution >= 0.6 is 34.2 Å². The molecule has 0 N–H and O–H groups in total. The molecule has 0 aliphatic rings. The summed E-state index contributed by atoms with van der Waals surface area (Å²) < 4.78 is 5.39. The molecular weight excluding hydrogens is 228 g/mol. The van der Waals surface area contributed by atoms with Gasteiger partial charge in [-0.1, -0.05) is 0 Å². The molecule has 0 aliphatic heterocycles. The van der Waals surface area contributed by atoms with Gasteiger partial charge in [-0.3, -0.25) is 0 Å². The molecule has 0 saturated heterocycles. The smallest absolute Gasteiger partial charge is 0.293 e. The number of hydrogen-bond donors (Lipinski definition) is 0. The maximum atomic E-state index is 5.28. The van der Waals surface area contributed by atoms with E-state index in [-0.39, 0.29) is 5.35 Å². The van der Waals surface area contributed by atoms with Gasteiger partial charge in [0.25, 0.3) is 5.35 Å². The molecular formula is C3HClINO. The van der Waals surface area contributed by atoms with Gasteiger partial charge in [0.1, 0.15) is 9.96 Å². The Labute approximate surface area is 59.0 Å². The number of halogens is 2. The van der Waals surface area contributed by atoms with Crippen molar-refractivity contribution in [2.45, 2.75) is 0 Å². The summed E-state index contributed by atoms with van der Waals surface area (Å²) in [5, 5.41) is 0.199. The average molecular weight is 229 g/mol. The molecule has 0 unspecified atom stereocenters. The third-order valence-electron chi connectivity index (χ3n) is 0.448. The lowest BCUT2D eigenvalue weighted by Gasteiger charge is -1.64. The van der Waals surface area contributed by atoms with E-state index in [9.17, 15) is 0 Å². The molecule has 0 amide bonds. The highest BCUT2D eigenvalue weighted by Crippen LogP contribution is 2.08. The van der Waals surface area contributed by atoms with E-state index in [2.05, 4.69) is 9.40 Å². The Bertz CT molecular complexity index is 147. The zero-order valence-corrected chi connectivity index (χ0v) is 6.10. The number of aromatic nitrogens is 1. The van der Waals surface area contributed by atoms with E-state index in [1.54, 1.807) is 0 Å². The average Bonchev–Trinajstić information content (AvgIpc) is 1.87. The summed E-state index contributed by atoms with van der Waals surface area (Å²) in [6.45, 7) is 0. The first kappa shape index (κ1) is 5.37. The van der Waals surface area contributed by atoms with Crippen LogP contribution in [0, 0.1) is 3.70 Å². The van der Waals surface area contributed by atoms with E-state index >= 15 is 0 Å². The Morgan fingerprint density at radius 1 is 1.86 bits per heavy atom. The van der Waals surface area contributed by atoms with Crippen molar-refractivity contribution in [2.75, 3.05) is 0 Å². The van der Waals surface area contributed by atoms with E-state index < -0.39 is 0 Å². The SMILES string of the molecule is Clc1nc(I)co1. The predicted octanol–water partition coefficient (Wildman–Crippen LogP) is 1.93. The van der Waals surface area contributed by atoms with Crippen molar-refractivity contribution in [1.29, 1.82) is 0 Å². The van der Waals surface area contributed by atoms with Crippen LogP contribution in [-0.4, -0.2) is 4.98 Å². The Morgan fingerprint density at radius 3 is 2.71 bits per heavy atom. The molecule has 0 aromatic carbocycles. The van der Waals surface area contributed by atoms with Gasteiger partial charge in [-0.15, -0.1) is 0 Å². The largest absolute Gasteiger partial charge is 0.435 e. The molecule has 7 heavy (non-hydrogen) atoms. The molecule has 1 heterocycles. The van der Waals surface area contributed by atoms with Crippen LogP contribution in [0.25, 0.3) is 0 Å². The molecule has 2 nitrogen and oxygen atoms in total. The van der Waals surface area contributed by atoms with Gasteiger partial charge in [-0.25, -0.2) is 0 Å². The first-order chi connectivity index (χ1) is 3.29. The molecule has 0 aliphatic carbocycles. The summed E-state index contributed by atoms with van der Waals surface area (Å²) in [5.41, 5.74) is 0. The van der Waals surface area contributed by atoms with Gasteiger partial charge in [-0.05, 0) is 34.2 Å². The van der Waals surface area contributed by atoms with Gasteiger partial charge in [0.2, 0.25) is 0 Å². The topological polar surface area (TPSA) is 26.0 Å². The zero-order valence-electron chi connectivity index (χ0n) is 3.19. The first-order valence-corrected chi connectivity index (χ1v) is 3.01. The maximum Gasteiger partial charge on any atom is 0.293 e. The Hall–Kier alpha value is 0.230. The van der Waals surface area contributed by atoms with Crippen LogP contribution in [0.1, 0.15) is 0 Å². The molecule has 0 spiro atoms. The van der Waals surface area contributed by atoms with E-state index in [4.69, 9.17) is 11.6 Å². The summed E-state index contributed by atoms with van der Waals surface area (Å²) in [4.78, 5) is 3.70. The van der Waals surface area contributed by atoms with Gasteiger partial charge >= 0.3 is 0 Å². The second kappa shape index (κ2) is 2.00. The summed E-state index contributed by atoms with van der Waals surface area (Å²) in [7, 11) is 0. The van der Waals surface area contributed by atoms with Crippen molar-refractivity contribution in [3.63, 3.8) is 0 Å². The van der Waals surface area contributed by atoms with E-state index in [1.807, 2.05) is 22.6 Å². The van der Waals surface area contributed by atoms with E-state index in [0.29, 0.717) is 0 Å². The first-order valence-electron chi connectivity index (χ1n) is 1.55. The zero-order chi connectivity index (χ0) is 5.28. The molecule has 1 aromatic heterocycles. The third-order valence-corrected chi connectivity index (χ3v) is 1.12. The second-order valence-corrected chi connectivity index (χ2v) is 2.35. The fourth-order valence-corrected chi connectivity index (χ4v) is 0.858. The van der Waals surface area contributed by atoms with Gasteiger partial charge in [0.15, 0.2) is 0 Å². The predicted molar refractivity (Wildman–Crippen MR) is 34.2 cm³/mol. The van der Waals surface area contributed by atoms with Crippen LogP contribution in [0.3, 0.4) is 0 Å². The summed E-state index contributed by atoms with van der Waals surface area (Å²) >= 11 is 7.29. The lowest BCUT2D eigenvalue weighted by molar-refractivity contribution is 0.559. The summed E-state index contributed by atoms with van der Waals surface area (Å²) in [6.07, 6.45) is 1.49. The highest BCUT2D eigenvalue weighted by atomic mass is 127. The van der Waals surface area contributed by atoms with Crippen LogP contribution in [0.5, 0.6) is 0 Å². The van der Waals surface area contributed by atoms with Crippen LogP contribution in [0.15, 0.2) is 10.7 Å².